The molecule has 90 valence electrons. The molecule has 0 unspecified atom stereocenters. The van der Waals surface area contributed by atoms with Crippen molar-refractivity contribution in [1.29, 1.82) is 0 Å². The van der Waals surface area contributed by atoms with Gasteiger partial charge in [-0.25, -0.2) is 4.98 Å². The first-order valence-corrected chi connectivity index (χ1v) is 5.35. The quantitative estimate of drug-likeness (QED) is 0.814. The predicted molar refractivity (Wildman–Crippen MR) is 63.6 cm³/mol. The summed E-state index contributed by atoms with van der Waals surface area (Å²) in [7, 11) is 3.28. The highest BCUT2D eigenvalue weighted by atomic mass is 16.5. The smallest absolute Gasteiger partial charge is 0.198 e. The lowest BCUT2D eigenvalue weighted by atomic mass is 10.1. The van der Waals surface area contributed by atoms with Crippen molar-refractivity contribution in [2.45, 2.75) is 13.3 Å². The number of methoxy groups -OCH3 is 2. The Bertz CT molecular complexity index is 505. The molecule has 2 aromatic rings. The average molecular weight is 233 g/mol. The van der Waals surface area contributed by atoms with Crippen LogP contribution in [0.2, 0.25) is 0 Å². The molecule has 0 amide bonds. The molecule has 4 nitrogen and oxygen atoms in total. The molecule has 0 aliphatic heterocycles. The lowest BCUT2D eigenvalue weighted by Crippen LogP contribution is -1.95. The van der Waals surface area contributed by atoms with Crippen molar-refractivity contribution < 1.29 is 13.9 Å². The van der Waals surface area contributed by atoms with Crippen molar-refractivity contribution in [2.24, 2.45) is 0 Å². The van der Waals surface area contributed by atoms with Crippen molar-refractivity contribution >= 4 is 0 Å². The second kappa shape index (κ2) is 4.91. The summed E-state index contributed by atoms with van der Waals surface area (Å²) in [5, 5.41) is 0. The van der Waals surface area contributed by atoms with Gasteiger partial charge in [-0.3, -0.25) is 0 Å². The minimum atomic E-state index is 0.591. The van der Waals surface area contributed by atoms with Gasteiger partial charge in [-0.2, -0.15) is 0 Å². The number of nitrogens with zero attached hydrogens (tertiary/aromatic N) is 1. The zero-order valence-corrected chi connectivity index (χ0v) is 10.2. The van der Waals surface area contributed by atoms with E-state index in [0.717, 1.165) is 22.8 Å². The monoisotopic (exact) mass is 233 g/mol. The van der Waals surface area contributed by atoms with Crippen LogP contribution >= 0.6 is 0 Å². The standard InChI is InChI=1S/C13H15NO3/c1-9-8-14-13(17-9)7-10-6-11(15-2)4-5-12(10)16-3/h4-6,8H,7H2,1-3H3. The molecule has 17 heavy (non-hydrogen) atoms. The summed E-state index contributed by atoms with van der Waals surface area (Å²) in [6.07, 6.45) is 2.30. The molecule has 4 heteroatoms. The van der Waals surface area contributed by atoms with E-state index in [1.54, 1.807) is 20.4 Å². The maximum Gasteiger partial charge on any atom is 0.198 e. The van der Waals surface area contributed by atoms with E-state index in [4.69, 9.17) is 13.9 Å². The van der Waals surface area contributed by atoms with Crippen LogP contribution in [-0.2, 0) is 6.42 Å². The SMILES string of the molecule is COc1ccc(OC)c(Cc2ncc(C)o2)c1. The zero-order chi connectivity index (χ0) is 12.3. The Morgan fingerprint density at radius 2 is 2.06 bits per heavy atom. The van der Waals surface area contributed by atoms with Crippen molar-refractivity contribution in [3.63, 3.8) is 0 Å². The fourth-order valence-corrected chi connectivity index (χ4v) is 1.67. The van der Waals surface area contributed by atoms with Gasteiger partial charge in [0.25, 0.3) is 0 Å². The van der Waals surface area contributed by atoms with Crippen LogP contribution in [0.15, 0.2) is 28.8 Å². The van der Waals surface area contributed by atoms with Gasteiger partial charge < -0.3 is 13.9 Å². The first-order chi connectivity index (χ1) is 8.22. The molecule has 1 heterocycles. The number of benzene rings is 1. The normalized spacial score (nSPS) is 10.3. The van der Waals surface area contributed by atoms with Crippen molar-refractivity contribution in [2.75, 3.05) is 14.2 Å². The van der Waals surface area contributed by atoms with Crippen LogP contribution < -0.4 is 9.47 Å². The van der Waals surface area contributed by atoms with Gasteiger partial charge in [0.15, 0.2) is 5.89 Å². The number of rotatable bonds is 4. The highest BCUT2D eigenvalue weighted by Crippen LogP contribution is 2.26. The number of ether oxygens (including phenoxy) is 2. The number of aryl methyl sites for hydroxylation is 1. The molecule has 0 radical (unpaired) electrons. The van der Waals surface area contributed by atoms with E-state index in [1.807, 2.05) is 25.1 Å². The summed E-state index contributed by atoms with van der Waals surface area (Å²) >= 11 is 0. The van der Waals surface area contributed by atoms with Gasteiger partial charge in [-0.1, -0.05) is 0 Å². The van der Waals surface area contributed by atoms with E-state index >= 15 is 0 Å². The van der Waals surface area contributed by atoms with Crippen molar-refractivity contribution in [3.05, 3.63) is 41.6 Å². The molecular weight excluding hydrogens is 218 g/mol. The first-order valence-electron chi connectivity index (χ1n) is 5.35. The summed E-state index contributed by atoms with van der Waals surface area (Å²) < 4.78 is 15.9. The first kappa shape index (κ1) is 11.5. The summed E-state index contributed by atoms with van der Waals surface area (Å²) in [5.41, 5.74) is 0.994. The molecule has 0 spiro atoms. The molecule has 0 atom stereocenters. The van der Waals surface area contributed by atoms with Crippen LogP contribution in [0, 0.1) is 6.92 Å². The molecule has 0 aliphatic rings. The summed E-state index contributed by atoms with van der Waals surface area (Å²) in [5.74, 6) is 3.08. The fourth-order valence-electron chi connectivity index (χ4n) is 1.67. The summed E-state index contributed by atoms with van der Waals surface area (Å²) in [4.78, 5) is 4.18. The fraction of sp³-hybridized carbons (Fsp3) is 0.308. The van der Waals surface area contributed by atoms with Gasteiger partial charge in [-0.05, 0) is 25.1 Å². The third-order valence-corrected chi connectivity index (χ3v) is 2.50. The van der Waals surface area contributed by atoms with Crippen LogP contribution in [0.4, 0.5) is 0 Å². The van der Waals surface area contributed by atoms with Crippen molar-refractivity contribution in [1.82, 2.24) is 4.98 Å². The number of hydrogen-bond donors (Lipinski definition) is 0. The Balaban J connectivity index is 2.29. The molecule has 0 fully saturated rings. The number of oxazole rings is 1. The largest absolute Gasteiger partial charge is 0.497 e. The highest BCUT2D eigenvalue weighted by Gasteiger charge is 2.09. The second-order valence-electron chi connectivity index (χ2n) is 3.72. The van der Waals surface area contributed by atoms with Gasteiger partial charge in [0.1, 0.15) is 17.3 Å². The molecule has 0 saturated heterocycles. The maximum atomic E-state index is 5.45. The van der Waals surface area contributed by atoms with E-state index < -0.39 is 0 Å². The van der Waals surface area contributed by atoms with E-state index in [1.165, 1.54) is 0 Å². The van der Waals surface area contributed by atoms with Gasteiger partial charge in [0.05, 0.1) is 26.8 Å². The third-order valence-electron chi connectivity index (χ3n) is 2.50. The van der Waals surface area contributed by atoms with Gasteiger partial charge in [0.2, 0.25) is 0 Å². The highest BCUT2D eigenvalue weighted by molar-refractivity contribution is 5.41. The molecule has 1 aromatic heterocycles. The van der Waals surface area contributed by atoms with Gasteiger partial charge in [0, 0.05) is 5.56 Å². The Hall–Kier alpha value is -1.97. The van der Waals surface area contributed by atoms with Gasteiger partial charge in [-0.15, -0.1) is 0 Å². The summed E-state index contributed by atoms with van der Waals surface area (Å²) in [6.45, 7) is 1.87. The van der Waals surface area contributed by atoms with Crippen LogP contribution in [0.25, 0.3) is 0 Å². The van der Waals surface area contributed by atoms with Crippen LogP contribution in [0.5, 0.6) is 11.5 Å². The van der Waals surface area contributed by atoms with Crippen LogP contribution in [0.1, 0.15) is 17.2 Å². The molecule has 0 saturated carbocycles. The Morgan fingerprint density at radius 1 is 1.24 bits per heavy atom. The maximum absolute atomic E-state index is 5.45. The molecule has 0 aliphatic carbocycles. The Kier molecular flexibility index (Phi) is 3.32. The topological polar surface area (TPSA) is 44.5 Å². The van der Waals surface area contributed by atoms with Crippen LogP contribution in [0.3, 0.4) is 0 Å². The van der Waals surface area contributed by atoms with E-state index in [0.29, 0.717) is 12.3 Å². The lowest BCUT2D eigenvalue weighted by Gasteiger charge is -2.08. The molecule has 0 N–H and O–H groups in total. The van der Waals surface area contributed by atoms with Crippen LogP contribution in [-0.4, -0.2) is 19.2 Å². The third kappa shape index (κ3) is 2.58. The summed E-state index contributed by atoms with van der Waals surface area (Å²) in [6, 6.07) is 5.67. The van der Waals surface area contributed by atoms with E-state index in [2.05, 4.69) is 4.98 Å². The second-order valence-corrected chi connectivity index (χ2v) is 3.72. The minimum absolute atomic E-state index is 0.591. The Morgan fingerprint density at radius 3 is 2.65 bits per heavy atom. The molecule has 1 aromatic carbocycles. The average Bonchev–Trinajstić information content (AvgIpc) is 2.74. The lowest BCUT2D eigenvalue weighted by molar-refractivity contribution is 0.397. The zero-order valence-electron chi connectivity index (χ0n) is 10.2. The molecular formula is C13H15NO3. The van der Waals surface area contributed by atoms with Gasteiger partial charge >= 0.3 is 0 Å². The minimum Gasteiger partial charge on any atom is -0.497 e. The van der Waals surface area contributed by atoms with Crippen molar-refractivity contribution in [3.8, 4) is 11.5 Å². The number of hydrogen-bond acceptors (Lipinski definition) is 4. The Labute approximate surface area is 100 Å². The predicted octanol–water partition coefficient (Wildman–Crippen LogP) is 2.59. The number of aromatic nitrogens is 1. The van der Waals surface area contributed by atoms with E-state index in [9.17, 15) is 0 Å². The van der Waals surface area contributed by atoms with E-state index in [-0.39, 0.29) is 0 Å². The molecule has 0 bridgehead atoms. The molecule has 2 rings (SSSR count).